The molecule has 2 aromatic heterocycles. The van der Waals surface area contributed by atoms with Gasteiger partial charge in [0.15, 0.2) is 0 Å². The maximum Gasteiger partial charge on any atom is 0.109 e. The molecule has 0 atom stereocenters. The molecule has 2 aromatic rings. The molecule has 1 N–H and O–H groups in total. The van der Waals surface area contributed by atoms with Gasteiger partial charge in [-0.2, -0.15) is 0 Å². The third-order valence-corrected chi connectivity index (χ3v) is 4.00. The maximum atomic E-state index is 4.75. The van der Waals surface area contributed by atoms with E-state index >= 15 is 0 Å². The number of aromatic nitrogens is 3. The van der Waals surface area contributed by atoms with Crippen molar-refractivity contribution >= 4 is 35.8 Å². The summed E-state index contributed by atoms with van der Waals surface area (Å²) in [6.07, 6.45) is 8.50. The Morgan fingerprint density at radius 1 is 1.29 bits per heavy atom. The molecule has 0 bridgehead atoms. The molecule has 0 aromatic carbocycles. The monoisotopic (exact) mass is 330 g/mol. The van der Waals surface area contributed by atoms with Crippen LogP contribution in [-0.2, 0) is 13.0 Å². The van der Waals surface area contributed by atoms with Crippen LogP contribution >= 0.6 is 24.8 Å². The Bertz CT molecular complexity index is 550. The van der Waals surface area contributed by atoms with E-state index in [1.807, 2.05) is 12.4 Å². The zero-order valence-corrected chi connectivity index (χ0v) is 14.1. The fourth-order valence-electron chi connectivity index (χ4n) is 2.97. The Balaban J connectivity index is 0.00000110. The second kappa shape index (κ2) is 8.57. The number of hydrogen-bond donors (Lipinski definition) is 1. The highest BCUT2D eigenvalue weighted by Crippen LogP contribution is 2.21. The van der Waals surface area contributed by atoms with Gasteiger partial charge in [-0.3, -0.25) is 4.98 Å². The van der Waals surface area contributed by atoms with Crippen molar-refractivity contribution in [3.63, 3.8) is 0 Å². The molecule has 4 nitrogen and oxygen atoms in total. The summed E-state index contributed by atoms with van der Waals surface area (Å²) in [5.41, 5.74) is 2.29. The number of pyridine rings is 1. The molecule has 0 amide bonds. The molecule has 1 aliphatic rings. The van der Waals surface area contributed by atoms with E-state index in [1.165, 1.54) is 24.2 Å². The average molecular weight is 331 g/mol. The van der Waals surface area contributed by atoms with Crippen molar-refractivity contribution in [1.29, 1.82) is 0 Å². The summed E-state index contributed by atoms with van der Waals surface area (Å²) in [4.78, 5) is 8.94. The summed E-state index contributed by atoms with van der Waals surface area (Å²) >= 11 is 0. The molecule has 118 valence electrons. The first-order valence-corrected chi connectivity index (χ1v) is 7.38. The van der Waals surface area contributed by atoms with Gasteiger partial charge < -0.3 is 9.88 Å². The van der Waals surface area contributed by atoms with Gasteiger partial charge in [-0.1, -0.05) is 6.92 Å². The van der Waals surface area contributed by atoms with E-state index in [1.54, 1.807) is 0 Å². The molecule has 0 radical (unpaired) electrons. The molecule has 0 saturated carbocycles. The Hall–Kier alpha value is -0.840. The predicted molar refractivity (Wildman–Crippen MR) is 91.6 cm³/mol. The molecule has 1 saturated heterocycles. The van der Waals surface area contributed by atoms with Crippen molar-refractivity contribution in [2.75, 3.05) is 13.1 Å². The summed E-state index contributed by atoms with van der Waals surface area (Å²) in [5, 5.41) is 3.44. The number of piperidine rings is 1. The van der Waals surface area contributed by atoms with Crippen LogP contribution in [0, 0.1) is 5.92 Å². The van der Waals surface area contributed by atoms with Crippen LogP contribution in [0.15, 0.2) is 18.5 Å². The molecule has 1 aliphatic heterocycles. The van der Waals surface area contributed by atoms with Gasteiger partial charge in [0.25, 0.3) is 0 Å². The van der Waals surface area contributed by atoms with Crippen molar-refractivity contribution in [3.8, 4) is 0 Å². The Kier molecular flexibility index (Phi) is 7.43. The lowest BCUT2D eigenvalue weighted by atomic mass is 9.98. The predicted octanol–water partition coefficient (Wildman–Crippen LogP) is 3.23. The van der Waals surface area contributed by atoms with Crippen molar-refractivity contribution < 1.29 is 0 Å². The first kappa shape index (κ1) is 18.2. The number of imidazole rings is 1. The first-order chi connectivity index (χ1) is 9.38. The molecule has 21 heavy (non-hydrogen) atoms. The van der Waals surface area contributed by atoms with E-state index in [9.17, 15) is 0 Å². The summed E-state index contributed by atoms with van der Waals surface area (Å²) in [7, 11) is 0. The fourth-order valence-corrected chi connectivity index (χ4v) is 2.97. The molecule has 3 heterocycles. The summed E-state index contributed by atoms with van der Waals surface area (Å²) in [5.74, 6) is 2.01. The summed E-state index contributed by atoms with van der Waals surface area (Å²) < 4.78 is 2.43. The van der Waals surface area contributed by atoms with E-state index in [2.05, 4.69) is 27.9 Å². The molecule has 6 heteroatoms. The molecule has 0 unspecified atom stereocenters. The van der Waals surface area contributed by atoms with Gasteiger partial charge in [-0.25, -0.2) is 4.98 Å². The number of hydrogen-bond acceptors (Lipinski definition) is 3. The highest BCUT2D eigenvalue weighted by molar-refractivity contribution is 5.85. The largest absolute Gasteiger partial charge is 0.328 e. The maximum absolute atomic E-state index is 4.75. The minimum atomic E-state index is 0. The van der Waals surface area contributed by atoms with Gasteiger partial charge >= 0.3 is 0 Å². The highest BCUT2D eigenvalue weighted by atomic mass is 35.5. The van der Waals surface area contributed by atoms with Crippen LogP contribution in [-0.4, -0.2) is 27.6 Å². The highest BCUT2D eigenvalue weighted by Gasteiger charge is 2.17. The van der Waals surface area contributed by atoms with Crippen LogP contribution in [0.1, 0.15) is 32.0 Å². The second-order valence-corrected chi connectivity index (χ2v) is 5.45. The zero-order chi connectivity index (χ0) is 13.1. The smallest absolute Gasteiger partial charge is 0.109 e. The Labute approximate surface area is 138 Å². The van der Waals surface area contributed by atoms with E-state index in [0.29, 0.717) is 0 Å². The first-order valence-electron chi connectivity index (χ1n) is 7.38. The van der Waals surface area contributed by atoms with Gasteiger partial charge in [-0.15, -0.1) is 24.8 Å². The van der Waals surface area contributed by atoms with Crippen LogP contribution in [0.3, 0.4) is 0 Å². The van der Waals surface area contributed by atoms with E-state index in [-0.39, 0.29) is 24.8 Å². The van der Waals surface area contributed by atoms with Crippen LogP contribution in [0.5, 0.6) is 0 Å². The molecule has 0 aliphatic carbocycles. The van der Waals surface area contributed by atoms with Crippen LogP contribution in [0.4, 0.5) is 0 Å². The Morgan fingerprint density at radius 3 is 2.76 bits per heavy atom. The third kappa shape index (κ3) is 4.09. The average Bonchev–Trinajstić information content (AvgIpc) is 2.79. The molecule has 1 fully saturated rings. The number of halogens is 2. The van der Waals surface area contributed by atoms with Crippen LogP contribution in [0.2, 0.25) is 0 Å². The van der Waals surface area contributed by atoms with Crippen molar-refractivity contribution in [1.82, 2.24) is 19.9 Å². The lowest BCUT2D eigenvalue weighted by Crippen LogP contribution is -2.30. The lowest BCUT2D eigenvalue weighted by molar-refractivity contribution is 0.333. The second-order valence-electron chi connectivity index (χ2n) is 5.45. The minimum absolute atomic E-state index is 0. The van der Waals surface area contributed by atoms with Gasteiger partial charge in [0.05, 0.1) is 11.7 Å². The van der Waals surface area contributed by atoms with Crippen molar-refractivity contribution in [3.05, 3.63) is 24.3 Å². The SMILES string of the molecule is CCCc1nc2cnccc2n1CC1CCNCC1.Cl.Cl. The van der Waals surface area contributed by atoms with Gasteiger partial charge in [-0.05, 0) is 44.3 Å². The quantitative estimate of drug-likeness (QED) is 0.935. The number of nitrogens with one attached hydrogen (secondary N) is 1. The lowest BCUT2D eigenvalue weighted by Gasteiger charge is -2.24. The zero-order valence-electron chi connectivity index (χ0n) is 12.4. The number of aryl methyl sites for hydroxylation is 1. The van der Waals surface area contributed by atoms with E-state index in [0.717, 1.165) is 43.9 Å². The van der Waals surface area contributed by atoms with Gasteiger partial charge in [0, 0.05) is 19.2 Å². The molecular weight excluding hydrogens is 307 g/mol. The normalized spacial score (nSPS) is 15.5. The summed E-state index contributed by atoms with van der Waals surface area (Å²) in [6, 6.07) is 2.10. The number of fused-ring (bicyclic) bond motifs is 1. The van der Waals surface area contributed by atoms with Crippen molar-refractivity contribution in [2.24, 2.45) is 5.92 Å². The van der Waals surface area contributed by atoms with Gasteiger partial charge in [0.2, 0.25) is 0 Å². The molecular formula is C15H24Cl2N4. The van der Waals surface area contributed by atoms with Gasteiger partial charge in [0.1, 0.15) is 11.3 Å². The number of nitrogens with zero attached hydrogens (tertiary/aromatic N) is 3. The van der Waals surface area contributed by atoms with Crippen LogP contribution in [0.25, 0.3) is 11.0 Å². The Morgan fingerprint density at radius 2 is 2.05 bits per heavy atom. The fraction of sp³-hybridized carbons (Fsp3) is 0.600. The van der Waals surface area contributed by atoms with E-state index in [4.69, 9.17) is 4.98 Å². The molecule has 0 spiro atoms. The topological polar surface area (TPSA) is 42.7 Å². The molecule has 3 rings (SSSR count). The third-order valence-electron chi connectivity index (χ3n) is 4.00. The van der Waals surface area contributed by atoms with Crippen molar-refractivity contribution in [2.45, 2.75) is 39.2 Å². The summed E-state index contributed by atoms with van der Waals surface area (Å²) in [6.45, 7) is 5.63. The van der Waals surface area contributed by atoms with Crippen LogP contribution < -0.4 is 5.32 Å². The van der Waals surface area contributed by atoms with E-state index < -0.39 is 0 Å². The minimum Gasteiger partial charge on any atom is -0.328 e. The standard InChI is InChI=1S/C15H22N4.2ClH/c1-2-3-15-18-13-10-17-9-6-14(13)19(15)11-12-4-7-16-8-5-12;;/h6,9-10,12,16H,2-5,7-8,11H2,1H3;2*1H. The number of rotatable bonds is 4.